The minimum absolute atomic E-state index is 0. The Balaban J connectivity index is -0.000000130. The fourth-order valence-electron chi connectivity index (χ4n) is 0. The number of alkyl halides is 9. The van der Waals surface area contributed by atoms with Crippen molar-refractivity contribution < 1.29 is 117 Å². The zero-order chi connectivity index (χ0) is 21.0. The van der Waals surface area contributed by atoms with Gasteiger partial charge in [-0.2, -0.15) is 64.8 Å². The first-order valence-electron chi connectivity index (χ1n) is 3.86. The van der Waals surface area contributed by atoms with Crippen LogP contribution in [0.25, 0.3) is 0 Å². The van der Waals surface area contributed by atoms with E-state index >= 15 is 0 Å². The molecule has 0 aromatic carbocycles. The Hall–Kier alpha value is 0.386. The van der Waals surface area contributed by atoms with Crippen LogP contribution in [0.5, 0.6) is 0 Å². The van der Waals surface area contributed by atoms with Crippen LogP contribution in [0, 0.1) is 38.6 Å². The van der Waals surface area contributed by atoms with Crippen LogP contribution in [0.4, 0.5) is 39.5 Å². The predicted octanol–water partition coefficient (Wildman–Crippen LogP) is 1.18. The second-order valence-corrected chi connectivity index (χ2v) is 7.00. The number of hydrogen-bond acceptors (Lipinski definition) is 6. The molecule has 22 heteroatoms. The van der Waals surface area contributed by atoms with Gasteiger partial charge in [0.2, 0.25) is 0 Å². The van der Waals surface area contributed by atoms with Crippen molar-refractivity contribution in [2.24, 2.45) is 0 Å². The molecule has 0 aliphatic heterocycles. The Morgan fingerprint density at radius 3 is 0.480 bits per heavy atom. The molecule has 0 saturated carbocycles. The molecule has 0 aliphatic rings. The van der Waals surface area contributed by atoms with Crippen molar-refractivity contribution in [1.82, 2.24) is 0 Å². The first kappa shape index (κ1) is 33.0. The minimum Gasteiger partial charge on any atom is -0.279 e. The summed E-state index contributed by atoms with van der Waals surface area (Å²) >= 11 is 0. The van der Waals surface area contributed by atoms with Gasteiger partial charge in [0.25, 0.3) is 0 Å². The smallest absolute Gasteiger partial charge is 0.279 e. The molecule has 0 unspecified atom stereocenters. The minimum atomic E-state index is -5.84. The van der Waals surface area contributed by atoms with E-state index in [0.717, 1.165) is 0 Å². The second kappa shape index (κ2) is 10.1. The normalized spacial score (nSPS) is 13.4. The van der Waals surface area contributed by atoms with Gasteiger partial charge >= 0.3 is 85.5 Å². The molecule has 156 valence electrons. The molecule has 0 aromatic heterocycles. The Morgan fingerprint density at radius 1 is 0.440 bits per heavy atom. The summed E-state index contributed by atoms with van der Waals surface area (Å²) < 4.78 is 173. The van der Waals surface area contributed by atoms with Crippen LogP contribution in [0.3, 0.4) is 0 Å². The monoisotopic (exact) mass is 609 g/mol. The molecule has 9 nitrogen and oxygen atoms in total. The van der Waals surface area contributed by atoms with Crippen LogP contribution >= 0.6 is 0 Å². The molecule has 0 spiro atoms. The molecule has 3 N–H and O–H groups in total. The number of rotatable bonds is 0. The number of hydrogen-bond donors (Lipinski definition) is 3. The molecule has 0 aromatic rings. The van der Waals surface area contributed by atoms with Crippen molar-refractivity contribution in [3.63, 3.8) is 0 Å². The Labute approximate surface area is 163 Å². The Bertz CT molecular complexity index is 596. The van der Waals surface area contributed by atoms with Crippen molar-refractivity contribution >= 4 is 30.4 Å². The van der Waals surface area contributed by atoms with Crippen LogP contribution < -0.4 is 0 Å². The molecule has 0 saturated heterocycles. The molecule has 0 radical (unpaired) electrons. The summed E-state index contributed by atoms with van der Waals surface area (Å²) in [7, 11) is -17.5. The Kier molecular flexibility index (Phi) is 13.3. The first-order valence-corrected chi connectivity index (χ1v) is 8.18. The van der Waals surface area contributed by atoms with Crippen LogP contribution in [0.15, 0.2) is 0 Å². The molecule has 0 fully saturated rings. The van der Waals surface area contributed by atoms with Gasteiger partial charge in [0.05, 0.1) is 0 Å². The summed E-state index contributed by atoms with van der Waals surface area (Å²) in [6, 6.07) is 0. The standard InChI is InChI=1S/3CHF3O3S.Tb/c3*2-1(3,4)8(5,6)7;/h3*(H,5,6,7);/q;;;+3. The van der Waals surface area contributed by atoms with Crippen molar-refractivity contribution in [2.75, 3.05) is 0 Å². The molecule has 25 heavy (non-hydrogen) atoms. The van der Waals surface area contributed by atoms with E-state index in [4.69, 9.17) is 38.9 Å². The molecule has 0 rings (SSSR count). The van der Waals surface area contributed by atoms with Gasteiger partial charge in [-0.15, -0.1) is 0 Å². The van der Waals surface area contributed by atoms with Crippen molar-refractivity contribution in [1.29, 1.82) is 0 Å². The van der Waals surface area contributed by atoms with Crippen LogP contribution in [0.1, 0.15) is 0 Å². The van der Waals surface area contributed by atoms with E-state index in [-0.39, 0.29) is 38.6 Å². The van der Waals surface area contributed by atoms with E-state index in [1.54, 1.807) is 0 Å². The van der Waals surface area contributed by atoms with Crippen molar-refractivity contribution in [2.45, 2.75) is 16.5 Å². The van der Waals surface area contributed by atoms with Crippen molar-refractivity contribution in [3.8, 4) is 0 Å². The SMILES string of the molecule is O=S(=O)(O)C(F)(F)F.O=S(=O)(O)C(F)(F)F.O=S(=O)(O)C(F)(F)F.[Tb+3]. The van der Waals surface area contributed by atoms with E-state index in [0.29, 0.717) is 0 Å². The van der Waals surface area contributed by atoms with E-state index in [1.165, 1.54) is 0 Å². The molecular formula is C3H3F9O9S3Tb+3. The van der Waals surface area contributed by atoms with E-state index in [1.807, 2.05) is 0 Å². The quantitative estimate of drug-likeness (QED) is 0.208. The summed E-state index contributed by atoms with van der Waals surface area (Å²) in [5, 5.41) is 0. The molecule has 0 aliphatic carbocycles. The molecular weight excluding hydrogens is 606 g/mol. The fourth-order valence-corrected chi connectivity index (χ4v) is 0. The van der Waals surface area contributed by atoms with Gasteiger partial charge < -0.3 is 0 Å². The predicted molar refractivity (Wildman–Crippen MR) is 52.8 cm³/mol. The van der Waals surface area contributed by atoms with Gasteiger partial charge in [0.15, 0.2) is 0 Å². The van der Waals surface area contributed by atoms with Crippen molar-refractivity contribution in [3.05, 3.63) is 0 Å². The summed E-state index contributed by atoms with van der Waals surface area (Å²) in [6.45, 7) is 0. The molecule has 0 bridgehead atoms. The van der Waals surface area contributed by atoms with Gasteiger partial charge in [0, 0.05) is 0 Å². The summed E-state index contributed by atoms with van der Waals surface area (Å²) in [6.07, 6.45) is 0. The summed E-state index contributed by atoms with van der Waals surface area (Å²) in [5.74, 6) is 0. The van der Waals surface area contributed by atoms with Gasteiger partial charge in [-0.25, -0.2) is 0 Å². The maximum Gasteiger partial charge on any atom is 3.00 e. The van der Waals surface area contributed by atoms with Gasteiger partial charge in [-0.1, -0.05) is 0 Å². The fraction of sp³-hybridized carbons (Fsp3) is 1.00. The largest absolute Gasteiger partial charge is 3.00 e. The first-order chi connectivity index (χ1) is 9.75. The molecule has 0 amide bonds. The van der Waals surface area contributed by atoms with Crippen LogP contribution in [0.2, 0.25) is 0 Å². The van der Waals surface area contributed by atoms with Crippen LogP contribution in [-0.4, -0.2) is 55.4 Å². The second-order valence-electron chi connectivity index (χ2n) is 2.76. The summed E-state index contributed by atoms with van der Waals surface area (Å²) in [5.41, 5.74) is -16.6. The average Bonchev–Trinajstić information content (AvgIpc) is 2.08. The maximum absolute atomic E-state index is 10.7. The molecule has 0 heterocycles. The third-order valence-electron chi connectivity index (χ3n) is 0.877. The van der Waals surface area contributed by atoms with E-state index in [9.17, 15) is 39.5 Å². The van der Waals surface area contributed by atoms with Gasteiger partial charge in [0.1, 0.15) is 0 Å². The molecule has 0 atom stereocenters. The number of halogens is 9. The maximum atomic E-state index is 10.7. The average molecular weight is 609 g/mol. The summed E-state index contributed by atoms with van der Waals surface area (Å²) in [4.78, 5) is 0. The third kappa shape index (κ3) is 16.3. The van der Waals surface area contributed by atoms with Gasteiger partial charge in [-0.3, -0.25) is 13.7 Å². The third-order valence-corrected chi connectivity index (χ3v) is 2.63. The zero-order valence-electron chi connectivity index (χ0n) is 10.3. The van der Waals surface area contributed by atoms with Crippen LogP contribution in [-0.2, 0) is 30.4 Å². The van der Waals surface area contributed by atoms with E-state index in [2.05, 4.69) is 0 Å². The topological polar surface area (TPSA) is 163 Å². The van der Waals surface area contributed by atoms with E-state index < -0.39 is 46.9 Å². The Morgan fingerprint density at radius 2 is 0.480 bits per heavy atom. The van der Waals surface area contributed by atoms with Gasteiger partial charge in [-0.05, 0) is 0 Å². The zero-order valence-corrected chi connectivity index (χ0v) is 14.8.